The van der Waals surface area contributed by atoms with Crippen molar-refractivity contribution in [2.75, 3.05) is 5.32 Å². The zero-order valence-electron chi connectivity index (χ0n) is 15.0. The van der Waals surface area contributed by atoms with Crippen molar-refractivity contribution in [2.24, 2.45) is 5.92 Å². The van der Waals surface area contributed by atoms with E-state index in [1.165, 1.54) is 16.2 Å². The summed E-state index contributed by atoms with van der Waals surface area (Å²) in [7, 11) is 0. The third kappa shape index (κ3) is 3.44. The van der Waals surface area contributed by atoms with Crippen molar-refractivity contribution in [1.29, 1.82) is 5.26 Å². The Hall–Kier alpha value is -2.26. The molecule has 1 atom stereocenters. The number of benzene rings is 1. The van der Waals surface area contributed by atoms with Crippen molar-refractivity contribution >= 4 is 45.4 Å². The molecule has 1 aromatic carbocycles. The molecule has 0 aliphatic heterocycles. The summed E-state index contributed by atoms with van der Waals surface area (Å²) in [6.07, 6.45) is 2.89. The Labute approximate surface area is 176 Å². The minimum atomic E-state index is -0.396. The molecule has 0 saturated heterocycles. The van der Waals surface area contributed by atoms with E-state index in [-0.39, 0.29) is 5.76 Å². The summed E-state index contributed by atoms with van der Waals surface area (Å²) in [5.74, 6) is 0.802. The molecule has 7 heteroatoms. The molecule has 0 spiro atoms. The van der Waals surface area contributed by atoms with Gasteiger partial charge in [-0.15, -0.1) is 11.3 Å². The molecule has 4 rings (SSSR count). The highest BCUT2D eigenvalue weighted by atomic mass is 35.5. The van der Waals surface area contributed by atoms with Gasteiger partial charge in [0.2, 0.25) is 0 Å². The number of hydrogen-bond acceptors (Lipinski definition) is 4. The lowest BCUT2D eigenvalue weighted by atomic mass is 9.89. The fraction of sp³-hybridized carbons (Fsp3) is 0.238. The number of furan rings is 1. The molecule has 0 saturated carbocycles. The first-order chi connectivity index (χ1) is 13.5. The van der Waals surface area contributed by atoms with E-state index >= 15 is 0 Å². The van der Waals surface area contributed by atoms with Gasteiger partial charge in [0.05, 0.1) is 15.6 Å². The van der Waals surface area contributed by atoms with E-state index in [4.69, 9.17) is 27.6 Å². The Kier molecular flexibility index (Phi) is 5.20. The standard InChI is InChI=1S/C21H16Cl2N2O2S/c1-11-5-6-12-14(10-24)21(28-18(12)9-11)25-20(26)17-8-7-16(27-17)13-3-2-4-15(22)19(13)23/h2-4,7-8,11H,5-6,9H2,1H3,(H,25,26). The van der Waals surface area contributed by atoms with Crippen LogP contribution in [0.15, 0.2) is 34.7 Å². The van der Waals surface area contributed by atoms with Crippen molar-refractivity contribution < 1.29 is 9.21 Å². The van der Waals surface area contributed by atoms with E-state index in [1.54, 1.807) is 30.3 Å². The Bertz CT molecular complexity index is 1110. The van der Waals surface area contributed by atoms with E-state index in [9.17, 15) is 10.1 Å². The van der Waals surface area contributed by atoms with Crippen LogP contribution in [-0.4, -0.2) is 5.91 Å². The Morgan fingerprint density at radius 1 is 1.32 bits per heavy atom. The van der Waals surface area contributed by atoms with Crippen LogP contribution in [0, 0.1) is 17.2 Å². The fourth-order valence-electron chi connectivity index (χ4n) is 3.42. The molecule has 1 amide bonds. The van der Waals surface area contributed by atoms with E-state index in [2.05, 4.69) is 18.3 Å². The van der Waals surface area contributed by atoms with Crippen molar-refractivity contribution in [1.82, 2.24) is 0 Å². The first-order valence-corrected chi connectivity index (χ1v) is 10.5. The van der Waals surface area contributed by atoms with Gasteiger partial charge in [-0.1, -0.05) is 36.2 Å². The lowest BCUT2D eigenvalue weighted by Gasteiger charge is -2.17. The molecule has 28 heavy (non-hydrogen) atoms. The van der Waals surface area contributed by atoms with Crippen molar-refractivity contribution in [2.45, 2.75) is 26.2 Å². The van der Waals surface area contributed by atoms with Crippen LogP contribution in [0.3, 0.4) is 0 Å². The first kappa shape index (κ1) is 19.1. The molecule has 2 heterocycles. The molecule has 1 N–H and O–H groups in total. The van der Waals surface area contributed by atoms with Crippen molar-refractivity contribution in [3.05, 3.63) is 62.1 Å². The molecule has 4 nitrogen and oxygen atoms in total. The molecular formula is C21H16Cl2N2O2S. The van der Waals surface area contributed by atoms with Crippen LogP contribution < -0.4 is 5.32 Å². The van der Waals surface area contributed by atoms with Crippen LogP contribution in [-0.2, 0) is 12.8 Å². The predicted molar refractivity (Wildman–Crippen MR) is 112 cm³/mol. The third-order valence-corrected chi connectivity index (χ3v) is 6.89. The number of carbonyl (C=O) groups is 1. The summed E-state index contributed by atoms with van der Waals surface area (Å²) in [4.78, 5) is 13.9. The van der Waals surface area contributed by atoms with E-state index < -0.39 is 5.91 Å². The molecule has 1 unspecified atom stereocenters. The zero-order chi connectivity index (χ0) is 19.8. The molecule has 0 radical (unpaired) electrons. The molecule has 1 aliphatic rings. The summed E-state index contributed by atoms with van der Waals surface area (Å²) >= 11 is 13.8. The fourth-order valence-corrected chi connectivity index (χ4v) is 5.17. The predicted octanol–water partition coefficient (Wildman–Crippen LogP) is 6.56. The highest BCUT2D eigenvalue weighted by molar-refractivity contribution is 7.16. The minimum absolute atomic E-state index is 0.148. The lowest BCUT2D eigenvalue weighted by molar-refractivity contribution is 0.0998. The average Bonchev–Trinajstić information content (AvgIpc) is 3.28. The van der Waals surface area contributed by atoms with Crippen LogP contribution in [0.5, 0.6) is 0 Å². The molecule has 3 aromatic rings. The van der Waals surface area contributed by atoms with Crippen LogP contribution in [0.1, 0.15) is 39.9 Å². The number of nitrogens with zero attached hydrogens (tertiary/aromatic N) is 1. The maximum atomic E-state index is 12.7. The number of carbonyl (C=O) groups excluding carboxylic acids is 1. The number of nitrogens with one attached hydrogen (secondary N) is 1. The summed E-state index contributed by atoms with van der Waals surface area (Å²) < 4.78 is 5.70. The van der Waals surface area contributed by atoms with Gasteiger partial charge in [-0.2, -0.15) is 5.26 Å². The summed E-state index contributed by atoms with van der Waals surface area (Å²) in [5, 5.41) is 13.8. The number of rotatable bonds is 3. The molecular weight excluding hydrogens is 415 g/mol. The Morgan fingerprint density at radius 2 is 2.14 bits per heavy atom. The maximum absolute atomic E-state index is 12.7. The second-order valence-corrected chi connectivity index (χ2v) is 8.78. The first-order valence-electron chi connectivity index (χ1n) is 8.88. The second-order valence-electron chi connectivity index (χ2n) is 6.89. The van der Waals surface area contributed by atoms with Gasteiger partial charge in [-0.25, -0.2) is 0 Å². The quantitative estimate of drug-likeness (QED) is 0.511. The summed E-state index contributed by atoms with van der Waals surface area (Å²) in [6, 6.07) is 10.7. The average molecular weight is 431 g/mol. The number of anilines is 1. The lowest BCUT2D eigenvalue weighted by Crippen LogP contribution is -2.11. The van der Waals surface area contributed by atoms with Gasteiger partial charge in [0.25, 0.3) is 5.91 Å². The van der Waals surface area contributed by atoms with Crippen LogP contribution in [0.2, 0.25) is 10.0 Å². The number of hydrogen-bond donors (Lipinski definition) is 1. The largest absolute Gasteiger partial charge is 0.451 e. The van der Waals surface area contributed by atoms with Gasteiger partial charge >= 0.3 is 0 Å². The Morgan fingerprint density at radius 3 is 2.93 bits per heavy atom. The number of nitriles is 1. The molecule has 2 aromatic heterocycles. The minimum Gasteiger partial charge on any atom is -0.451 e. The summed E-state index contributed by atoms with van der Waals surface area (Å²) in [6.45, 7) is 2.21. The van der Waals surface area contributed by atoms with Crippen LogP contribution in [0.25, 0.3) is 11.3 Å². The molecule has 0 bridgehead atoms. The van der Waals surface area contributed by atoms with Gasteiger partial charge < -0.3 is 9.73 Å². The topological polar surface area (TPSA) is 66.0 Å². The zero-order valence-corrected chi connectivity index (χ0v) is 17.3. The number of fused-ring (bicyclic) bond motifs is 1. The van der Waals surface area contributed by atoms with Crippen LogP contribution >= 0.6 is 34.5 Å². The monoisotopic (exact) mass is 430 g/mol. The number of amides is 1. The summed E-state index contributed by atoms with van der Waals surface area (Å²) in [5.41, 5.74) is 2.27. The third-order valence-electron chi connectivity index (χ3n) is 4.90. The SMILES string of the molecule is CC1CCc2c(sc(NC(=O)c3ccc(-c4cccc(Cl)c4Cl)o3)c2C#N)C1. The second kappa shape index (κ2) is 7.63. The normalized spacial score (nSPS) is 15.7. The van der Waals surface area contributed by atoms with Crippen LogP contribution in [0.4, 0.5) is 5.00 Å². The van der Waals surface area contributed by atoms with E-state index in [0.29, 0.717) is 37.9 Å². The Balaban J connectivity index is 1.60. The highest BCUT2D eigenvalue weighted by Gasteiger charge is 2.25. The van der Waals surface area contributed by atoms with Gasteiger partial charge in [0.15, 0.2) is 5.76 Å². The molecule has 0 fully saturated rings. The van der Waals surface area contributed by atoms with Gasteiger partial charge in [0, 0.05) is 10.4 Å². The molecule has 142 valence electrons. The smallest absolute Gasteiger partial charge is 0.292 e. The van der Waals surface area contributed by atoms with E-state index in [1.807, 2.05) is 0 Å². The number of thiophene rings is 1. The highest BCUT2D eigenvalue weighted by Crippen LogP contribution is 2.39. The van der Waals surface area contributed by atoms with Gasteiger partial charge in [0.1, 0.15) is 16.8 Å². The number of halogens is 2. The van der Waals surface area contributed by atoms with Gasteiger partial charge in [-0.05, 0) is 55.0 Å². The maximum Gasteiger partial charge on any atom is 0.292 e. The van der Waals surface area contributed by atoms with Gasteiger partial charge in [-0.3, -0.25) is 4.79 Å². The van der Waals surface area contributed by atoms with Crippen molar-refractivity contribution in [3.63, 3.8) is 0 Å². The molecule has 1 aliphatic carbocycles. The van der Waals surface area contributed by atoms with E-state index in [0.717, 1.165) is 24.8 Å². The van der Waals surface area contributed by atoms with Crippen molar-refractivity contribution in [3.8, 4) is 17.4 Å².